The van der Waals surface area contributed by atoms with Crippen LogP contribution >= 0.6 is 0 Å². The summed E-state index contributed by atoms with van der Waals surface area (Å²) < 4.78 is 42.3. The lowest BCUT2D eigenvalue weighted by molar-refractivity contribution is -0.138. The minimum absolute atomic E-state index is 0.102. The van der Waals surface area contributed by atoms with Gasteiger partial charge in [0.15, 0.2) is 0 Å². The van der Waals surface area contributed by atoms with Crippen molar-refractivity contribution in [3.63, 3.8) is 0 Å². The van der Waals surface area contributed by atoms with Crippen LogP contribution in [0.25, 0.3) is 0 Å². The molecule has 0 radical (unpaired) electrons. The maximum Gasteiger partial charge on any atom is 0.416 e. The number of halogens is 3. The van der Waals surface area contributed by atoms with Crippen LogP contribution in [0, 0.1) is 6.92 Å². The van der Waals surface area contributed by atoms with Gasteiger partial charge in [-0.15, -0.1) is 0 Å². The Morgan fingerprint density at radius 2 is 2.06 bits per heavy atom. The molecular weight excluding hydrogens is 235 g/mol. The molecule has 0 aliphatic rings. The van der Waals surface area contributed by atoms with Crippen LogP contribution in [-0.2, 0) is 15.7 Å². The molecule has 0 aliphatic carbocycles. The average molecular weight is 247 g/mol. The van der Waals surface area contributed by atoms with E-state index in [9.17, 15) is 18.0 Å². The molecule has 1 rings (SSSR count). The Labute approximate surface area is 96.6 Å². The molecule has 0 saturated heterocycles. The number of carbonyl (C=O) groups is 1. The second-order valence-electron chi connectivity index (χ2n) is 3.51. The minimum Gasteiger partial charge on any atom is -0.375 e. The van der Waals surface area contributed by atoms with Crippen LogP contribution in [0.15, 0.2) is 18.2 Å². The van der Waals surface area contributed by atoms with Crippen molar-refractivity contribution < 1.29 is 22.7 Å². The lowest BCUT2D eigenvalue weighted by atomic mass is 10.1. The summed E-state index contributed by atoms with van der Waals surface area (Å²) in [6.07, 6.45) is -4.42. The number of hydrogen-bond donors (Lipinski definition) is 1. The number of methoxy groups -OCH3 is 1. The van der Waals surface area contributed by atoms with Crippen LogP contribution in [0.5, 0.6) is 0 Å². The zero-order valence-corrected chi connectivity index (χ0v) is 9.39. The van der Waals surface area contributed by atoms with Gasteiger partial charge >= 0.3 is 6.18 Å². The molecule has 0 aromatic heterocycles. The quantitative estimate of drug-likeness (QED) is 0.891. The van der Waals surface area contributed by atoms with Crippen molar-refractivity contribution in [1.82, 2.24) is 0 Å². The molecule has 94 valence electrons. The highest BCUT2D eigenvalue weighted by Gasteiger charge is 2.32. The maximum atomic E-state index is 12.6. The van der Waals surface area contributed by atoms with Crippen molar-refractivity contribution in [2.75, 3.05) is 19.0 Å². The lowest BCUT2D eigenvalue weighted by Crippen LogP contribution is -2.18. The van der Waals surface area contributed by atoms with Crippen LogP contribution in [0.3, 0.4) is 0 Å². The van der Waals surface area contributed by atoms with E-state index in [-0.39, 0.29) is 17.9 Å². The fourth-order valence-corrected chi connectivity index (χ4v) is 1.33. The molecular formula is C11H12F3NO2. The summed E-state index contributed by atoms with van der Waals surface area (Å²) in [7, 11) is 1.33. The molecule has 0 heterocycles. The predicted molar refractivity (Wildman–Crippen MR) is 56.7 cm³/mol. The second-order valence-corrected chi connectivity index (χ2v) is 3.51. The summed E-state index contributed by atoms with van der Waals surface area (Å²) in [5, 5.41) is 2.32. The first-order valence-electron chi connectivity index (χ1n) is 4.81. The number of hydrogen-bond acceptors (Lipinski definition) is 2. The van der Waals surface area contributed by atoms with E-state index in [0.29, 0.717) is 0 Å². The first-order chi connectivity index (χ1) is 7.84. The average Bonchev–Trinajstić information content (AvgIpc) is 2.19. The Bertz CT molecular complexity index is 416. The van der Waals surface area contributed by atoms with Crippen molar-refractivity contribution in [1.29, 1.82) is 0 Å². The number of benzene rings is 1. The van der Waals surface area contributed by atoms with Gasteiger partial charge in [-0.1, -0.05) is 6.07 Å². The Morgan fingerprint density at radius 3 is 2.59 bits per heavy atom. The Morgan fingerprint density at radius 1 is 1.41 bits per heavy atom. The molecule has 1 amide bonds. The monoisotopic (exact) mass is 247 g/mol. The topological polar surface area (TPSA) is 38.3 Å². The lowest BCUT2D eigenvalue weighted by Gasteiger charge is -2.12. The molecule has 0 spiro atoms. The van der Waals surface area contributed by atoms with Gasteiger partial charge in [0.2, 0.25) is 5.91 Å². The zero-order valence-electron chi connectivity index (χ0n) is 9.39. The van der Waals surface area contributed by atoms with Gasteiger partial charge in [-0.3, -0.25) is 4.79 Å². The highest BCUT2D eigenvalue weighted by molar-refractivity contribution is 5.91. The third kappa shape index (κ3) is 3.74. The highest BCUT2D eigenvalue weighted by Crippen LogP contribution is 2.33. The second kappa shape index (κ2) is 5.18. The van der Waals surface area contributed by atoms with Crippen LogP contribution < -0.4 is 5.32 Å². The van der Waals surface area contributed by atoms with Gasteiger partial charge in [0.1, 0.15) is 6.61 Å². The standard InChI is InChI=1S/C11H12F3NO2/c1-7-3-4-8(15-10(16)6-17-2)5-9(7)11(12,13)14/h3-5H,6H2,1-2H3,(H,15,16). The van der Waals surface area contributed by atoms with E-state index in [1.807, 2.05) is 0 Å². The summed E-state index contributed by atoms with van der Waals surface area (Å²) in [4.78, 5) is 11.1. The Hall–Kier alpha value is -1.56. The summed E-state index contributed by atoms with van der Waals surface area (Å²) in [6, 6.07) is 3.63. The molecule has 1 aromatic carbocycles. The third-order valence-electron chi connectivity index (χ3n) is 2.10. The summed E-state index contributed by atoms with van der Waals surface area (Å²) >= 11 is 0. The van der Waals surface area contributed by atoms with E-state index in [1.165, 1.54) is 26.2 Å². The number of amides is 1. The largest absolute Gasteiger partial charge is 0.416 e. The molecule has 1 aromatic rings. The number of ether oxygens (including phenoxy) is 1. The zero-order chi connectivity index (χ0) is 13.1. The molecule has 1 N–H and O–H groups in total. The van der Waals surface area contributed by atoms with E-state index in [2.05, 4.69) is 10.1 Å². The fraction of sp³-hybridized carbons (Fsp3) is 0.364. The molecule has 0 atom stereocenters. The van der Waals surface area contributed by atoms with Crippen molar-refractivity contribution in [3.8, 4) is 0 Å². The number of nitrogens with one attached hydrogen (secondary N) is 1. The molecule has 17 heavy (non-hydrogen) atoms. The Kier molecular flexibility index (Phi) is 4.11. The van der Waals surface area contributed by atoms with Crippen molar-refractivity contribution in [2.24, 2.45) is 0 Å². The van der Waals surface area contributed by atoms with Crippen LogP contribution in [0.4, 0.5) is 18.9 Å². The molecule has 0 saturated carbocycles. The molecule has 3 nitrogen and oxygen atoms in total. The maximum absolute atomic E-state index is 12.6. The third-order valence-corrected chi connectivity index (χ3v) is 2.10. The van der Waals surface area contributed by atoms with E-state index in [1.54, 1.807) is 0 Å². The van der Waals surface area contributed by atoms with Crippen molar-refractivity contribution in [2.45, 2.75) is 13.1 Å². The first kappa shape index (κ1) is 13.5. The summed E-state index contributed by atoms with van der Waals surface area (Å²) in [5.41, 5.74) is -0.542. The number of alkyl halides is 3. The van der Waals surface area contributed by atoms with Crippen molar-refractivity contribution >= 4 is 11.6 Å². The smallest absolute Gasteiger partial charge is 0.375 e. The molecule has 6 heteroatoms. The normalized spacial score (nSPS) is 11.4. The van der Waals surface area contributed by atoms with E-state index < -0.39 is 17.6 Å². The van der Waals surface area contributed by atoms with Gasteiger partial charge < -0.3 is 10.1 Å². The predicted octanol–water partition coefficient (Wildman–Crippen LogP) is 2.60. The number of anilines is 1. The van der Waals surface area contributed by atoms with E-state index in [0.717, 1.165) is 6.07 Å². The molecule has 0 fully saturated rings. The van der Waals surface area contributed by atoms with Gasteiger partial charge in [0.05, 0.1) is 5.56 Å². The molecule has 0 bridgehead atoms. The highest BCUT2D eigenvalue weighted by atomic mass is 19.4. The number of rotatable bonds is 3. The van der Waals surface area contributed by atoms with E-state index in [4.69, 9.17) is 0 Å². The van der Waals surface area contributed by atoms with Gasteiger partial charge in [-0.25, -0.2) is 0 Å². The molecule has 0 unspecified atom stereocenters. The SMILES string of the molecule is COCC(=O)Nc1ccc(C)c(C(F)(F)F)c1. The van der Waals surface area contributed by atoms with E-state index >= 15 is 0 Å². The minimum atomic E-state index is -4.42. The number of carbonyl (C=O) groups excluding carboxylic acids is 1. The fourth-order valence-electron chi connectivity index (χ4n) is 1.33. The van der Waals surface area contributed by atoms with Gasteiger partial charge in [0.25, 0.3) is 0 Å². The van der Waals surface area contributed by atoms with Gasteiger partial charge in [-0.2, -0.15) is 13.2 Å². The summed E-state index contributed by atoms with van der Waals surface area (Å²) in [6.45, 7) is 1.17. The van der Waals surface area contributed by atoms with Crippen LogP contribution in [0.1, 0.15) is 11.1 Å². The first-order valence-corrected chi connectivity index (χ1v) is 4.81. The van der Waals surface area contributed by atoms with Crippen molar-refractivity contribution in [3.05, 3.63) is 29.3 Å². The van der Waals surface area contributed by atoms with Crippen LogP contribution in [0.2, 0.25) is 0 Å². The summed E-state index contributed by atoms with van der Waals surface area (Å²) in [5.74, 6) is -0.496. The number of aryl methyl sites for hydroxylation is 1. The molecule has 0 aliphatic heterocycles. The van der Waals surface area contributed by atoms with Crippen LogP contribution in [-0.4, -0.2) is 19.6 Å². The van der Waals surface area contributed by atoms with Gasteiger partial charge in [0, 0.05) is 12.8 Å². The Balaban J connectivity index is 2.93. The van der Waals surface area contributed by atoms with Gasteiger partial charge in [-0.05, 0) is 24.6 Å².